The summed E-state index contributed by atoms with van der Waals surface area (Å²) in [5.41, 5.74) is -4.61. The Morgan fingerprint density at radius 2 is 0.921 bits per heavy atom. The van der Waals surface area contributed by atoms with E-state index in [2.05, 4.69) is 6.92 Å². The van der Waals surface area contributed by atoms with Crippen LogP contribution in [0.4, 0.5) is 0 Å². The van der Waals surface area contributed by atoms with Crippen molar-refractivity contribution in [3.8, 4) is 0 Å². The van der Waals surface area contributed by atoms with E-state index in [1.807, 2.05) is 6.92 Å². The normalized spacial score (nSPS) is 22.8. The van der Waals surface area contributed by atoms with E-state index >= 15 is 0 Å². The molecule has 0 saturated heterocycles. The number of carbonyl (C=O) groups is 4. The maximum atomic E-state index is 13.1. The van der Waals surface area contributed by atoms with Crippen LogP contribution in [0.15, 0.2) is 0 Å². The Bertz CT molecular complexity index is 774. The van der Waals surface area contributed by atoms with E-state index in [1.165, 1.54) is 0 Å². The van der Waals surface area contributed by atoms with Crippen LogP contribution in [0.5, 0.6) is 0 Å². The minimum atomic E-state index is -2.31. The summed E-state index contributed by atoms with van der Waals surface area (Å²) in [4.78, 5) is 52.4. The molecule has 1 aliphatic carbocycles. The second-order valence-electron chi connectivity index (χ2n) is 12.1. The second-order valence-corrected chi connectivity index (χ2v) is 12.1. The van der Waals surface area contributed by atoms with Gasteiger partial charge in [0.25, 0.3) is 0 Å². The molecule has 1 aliphatic rings. The molecule has 1 fully saturated rings. The molecular weight excluding hydrogens is 488 g/mol. The van der Waals surface area contributed by atoms with E-state index in [1.54, 1.807) is 27.7 Å². The van der Waals surface area contributed by atoms with E-state index in [0.29, 0.717) is 32.1 Å². The van der Waals surface area contributed by atoms with Crippen LogP contribution in [-0.2, 0) is 19.2 Å². The van der Waals surface area contributed by atoms with Gasteiger partial charge in [-0.3, -0.25) is 19.2 Å². The summed E-state index contributed by atoms with van der Waals surface area (Å²) >= 11 is 0. The van der Waals surface area contributed by atoms with E-state index < -0.39 is 70.2 Å². The zero-order valence-electron chi connectivity index (χ0n) is 24.4. The monoisotopic (exact) mass is 540 g/mol. The van der Waals surface area contributed by atoms with Gasteiger partial charge in [-0.2, -0.15) is 0 Å². The van der Waals surface area contributed by atoms with Gasteiger partial charge in [0, 0.05) is 0 Å². The lowest BCUT2D eigenvalue weighted by atomic mass is 9.48. The minimum absolute atomic E-state index is 0.403. The lowest BCUT2D eigenvalue weighted by molar-refractivity contribution is -0.198. The van der Waals surface area contributed by atoms with Crippen LogP contribution in [0.2, 0.25) is 0 Å². The van der Waals surface area contributed by atoms with E-state index in [0.717, 1.165) is 44.9 Å². The lowest BCUT2D eigenvalue weighted by Crippen LogP contribution is -2.62. The number of hydrogen-bond acceptors (Lipinski definition) is 4. The van der Waals surface area contributed by atoms with Gasteiger partial charge in [-0.25, -0.2) is 0 Å². The highest BCUT2D eigenvalue weighted by Crippen LogP contribution is 2.59. The summed E-state index contributed by atoms with van der Waals surface area (Å²) in [5.74, 6) is -10.8. The van der Waals surface area contributed by atoms with Crippen molar-refractivity contribution in [3.05, 3.63) is 0 Å². The van der Waals surface area contributed by atoms with Gasteiger partial charge in [-0.1, -0.05) is 119 Å². The fraction of sp³-hybridized carbons (Fsp3) is 0.867. The smallest absolute Gasteiger partial charge is 0.321 e. The van der Waals surface area contributed by atoms with Crippen LogP contribution < -0.4 is 0 Å². The van der Waals surface area contributed by atoms with Crippen molar-refractivity contribution in [2.45, 2.75) is 119 Å². The van der Waals surface area contributed by atoms with Crippen molar-refractivity contribution in [2.24, 2.45) is 46.3 Å². The SMILES string of the molecule is CCCCCCC1CCCC(CCCCC)C(C(C(=O)O)(C(=O)O)C(C)C)C1C(C(=O)O)(C(=O)O)C(C)C. The predicted molar refractivity (Wildman–Crippen MR) is 146 cm³/mol. The van der Waals surface area contributed by atoms with Crippen LogP contribution in [-0.4, -0.2) is 44.3 Å². The Labute approximate surface area is 228 Å². The van der Waals surface area contributed by atoms with Crippen LogP contribution in [0.25, 0.3) is 0 Å². The second kappa shape index (κ2) is 14.9. The van der Waals surface area contributed by atoms with E-state index in [-0.39, 0.29) is 0 Å². The fourth-order valence-corrected chi connectivity index (χ4v) is 7.55. The fourth-order valence-electron chi connectivity index (χ4n) is 7.55. The third-order valence-corrected chi connectivity index (χ3v) is 9.45. The highest BCUT2D eigenvalue weighted by Gasteiger charge is 2.68. The molecule has 4 atom stereocenters. The van der Waals surface area contributed by atoms with Crippen LogP contribution in [0.1, 0.15) is 119 Å². The Hall–Kier alpha value is -2.12. The molecule has 4 unspecified atom stereocenters. The molecule has 0 aromatic carbocycles. The molecule has 0 heterocycles. The number of hydrogen-bond donors (Lipinski definition) is 4. The van der Waals surface area contributed by atoms with Crippen molar-refractivity contribution >= 4 is 23.9 Å². The first-order valence-corrected chi connectivity index (χ1v) is 14.7. The predicted octanol–water partition coefficient (Wildman–Crippen LogP) is 6.81. The summed E-state index contributed by atoms with van der Waals surface area (Å²) in [6.07, 6.45) is 9.20. The Balaban J connectivity index is 4.13. The summed E-state index contributed by atoms with van der Waals surface area (Å²) in [5, 5.41) is 42.6. The zero-order chi connectivity index (χ0) is 29.3. The minimum Gasteiger partial charge on any atom is -0.480 e. The number of aliphatic carboxylic acids is 4. The molecule has 0 spiro atoms. The van der Waals surface area contributed by atoms with Crippen LogP contribution in [0.3, 0.4) is 0 Å². The van der Waals surface area contributed by atoms with E-state index in [9.17, 15) is 39.6 Å². The van der Waals surface area contributed by atoms with Gasteiger partial charge >= 0.3 is 23.9 Å². The standard InChI is InChI=1S/C30H52O8/c1-7-9-11-13-16-22-18-14-17-21(15-12-10-8-2)23(29(19(3)4,25(31)32)26(33)34)24(22)30(20(5)6,27(35)36)28(37)38/h19-24H,7-18H2,1-6H3,(H,31,32)(H,33,34)(H,35,36)(H,37,38). The summed E-state index contributed by atoms with van der Waals surface area (Å²) in [6.45, 7) is 10.4. The highest BCUT2D eigenvalue weighted by molar-refractivity contribution is 6.01. The van der Waals surface area contributed by atoms with Crippen molar-refractivity contribution in [2.75, 3.05) is 0 Å². The number of carboxylic acids is 4. The molecular formula is C30H52O8. The van der Waals surface area contributed by atoms with Gasteiger partial charge in [0.15, 0.2) is 10.8 Å². The van der Waals surface area contributed by atoms with Gasteiger partial charge in [0.05, 0.1) is 0 Å². The number of rotatable bonds is 17. The summed E-state index contributed by atoms with van der Waals surface area (Å²) in [6, 6.07) is 0. The molecule has 0 amide bonds. The molecule has 0 aliphatic heterocycles. The first kappa shape index (κ1) is 33.9. The average Bonchev–Trinajstić information content (AvgIpc) is 2.97. The number of unbranched alkanes of at least 4 members (excludes halogenated alkanes) is 5. The molecule has 0 radical (unpaired) electrons. The summed E-state index contributed by atoms with van der Waals surface area (Å²) < 4.78 is 0. The van der Waals surface area contributed by atoms with Gasteiger partial charge in [0.2, 0.25) is 0 Å². The molecule has 0 aromatic rings. The largest absolute Gasteiger partial charge is 0.480 e. The Morgan fingerprint density at radius 3 is 1.21 bits per heavy atom. The van der Waals surface area contributed by atoms with Gasteiger partial charge < -0.3 is 20.4 Å². The van der Waals surface area contributed by atoms with Crippen molar-refractivity contribution in [1.82, 2.24) is 0 Å². The average molecular weight is 541 g/mol. The van der Waals surface area contributed by atoms with Crippen molar-refractivity contribution in [1.29, 1.82) is 0 Å². The van der Waals surface area contributed by atoms with E-state index in [4.69, 9.17) is 0 Å². The van der Waals surface area contributed by atoms with Crippen LogP contribution in [0, 0.1) is 46.3 Å². The third kappa shape index (κ3) is 6.53. The molecule has 38 heavy (non-hydrogen) atoms. The molecule has 1 saturated carbocycles. The Morgan fingerprint density at radius 1 is 0.605 bits per heavy atom. The lowest BCUT2D eigenvalue weighted by Gasteiger charge is -2.51. The van der Waals surface area contributed by atoms with Gasteiger partial charge in [0.1, 0.15) is 0 Å². The Kier molecular flexibility index (Phi) is 13.3. The molecule has 8 heteroatoms. The van der Waals surface area contributed by atoms with Gasteiger partial charge in [-0.15, -0.1) is 0 Å². The maximum Gasteiger partial charge on any atom is 0.321 e. The zero-order valence-corrected chi connectivity index (χ0v) is 24.4. The molecule has 0 aromatic heterocycles. The third-order valence-electron chi connectivity index (χ3n) is 9.45. The molecule has 8 nitrogen and oxygen atoms in total. The summed E-state index contributed by atoms with van der Waals surface area (Å²) in [7, 11) is 0. The number of carboxylic acid groups (broad SMARTS) is 4. The van der Waals surface area contributed by atoms with Crippen molar-refractivity contribution in [3.63, 3.8) is 0 Å². The van der Waals surface area contributed by atoms with Crippen molar-refractivity contribution < 1.29 is 39.6 Å². The molecule has 4 N–H and O–H groups in total. The molecule has 220 valence electrons. The van der Waals surface area contributed by atoms with Gasteiger partial charge in [-0.05, 0) is 35.5 Å². The van der Waals surface area contributed by atoms with Crippen LogP contribution >= 0.6 is 0 Å². The molecule has 1 rings (SSSR count). The maximum absolute atomic E-state index is 13.1. The first-order valence-electron chi connectivity index (χ1n) is 14.7. The molecule has 0 bridgehead atoms. The highest BCUT2D eigenvalue weighted by atomic mass is 16.4. The first-order chi connectivity index (χ1) is 17.8. The quantitative estimate of drug-likeness (QED) is 0.0893. The topological polar surface area (TPSA) is 149 Å².